The van der Waals surface area contributed by atoms with Gasteiger partial charge in [0.25, 0.3) is 5.91 Å². The van der Waals surface area contributed by atoms with Gasteiger partial charge < -0.3 is 15.0 Å². The number of halogens is 2. The second-order valence-corrected chi connectivity index (χ2v) is 5.98. The fourth-order valence-corrected chi connectivity index (χ4v) is 2.49. The molecule has 5 nitrogen and oxygen atoms in total. The molecule has 2 rings (SSSR count). The van der Waals surface area contributed by atoms with Gasteiger partial charge in [-0.15, -0.1) is 0 Å². The maximum atomic E-state index is 12.0. The monoisotopic (exact) mass is 366 g/mol. The van der Waals surface area contributed by atoms with Crippen molar-refractivity contribution >= 4 is 46.5 Å². The molecule has 126 valence electrons. The first-order chi connectivity index (χ1) is 11.4. The number of esters is 1. The fraction of sp³-hybridized carbons (Fsp3) is 0.176. The molecule has 0 aromatic heterocycles. The molecule has 0 aliphatic rings. The number of nitrogens with one attached hydrogen (secondary N) is 1. The van der Waals surface area contributed by atoms with Crippen LogP contribution >= 0.6 is 23.2 Å². The Morgan fingerprint density at radius 3 is 2.17 bits per heavy atom. The van der Waals surface area contributed by atoms with Gasteiger partial charge in [0.15, 0.2) is 6.61 Å². The number of rotatable bonds is 5. The second-order valence-electron chi connectivity index (χ2n) is 5.16. The summed E-state index contributed by atoms with van der Waals surface area (Å²) < 4.78 is 4.96. The normalized spacial score (nSPS) is 10.2. The van der Waals surface area contributed by atoms with Crippen LogP contribution in [0.1, 0.15) is 10.4 Å². The van der Waals surface area contributed by atoms with E-state index >= 15 is 0 Å². The molecule has 0 aliphatic heterocycles. The number of ether oxygens (including phenoxy) is 1. The number of hydrogen-bond donors (Lipinski definition) is 1. The van der Waals surface area contributed by atoms with Gasteiger partial charge in [0, 0.05) is 25.5 Å². The van der Waals surface area contributed by atoms with Crippen LogP contribution in [0.4, 0.5) is 11.4 Å². The van der Waals surface area contributed by atoms with E-state index in [-0.39, 0.29) is 15.6 Å². The molecule has 0 spiro atoms. The molecule has 0 aliphatic carbocycles. The zero-order valence-electron chi connectivity index (χ0n) is 13.2. The van der Waals surface area contributed by atoms with Crippen LogP contribution in [0, 0.1) is 0 Å². The zero-order chi connectivity index (χ0) is 17.7. The van der Waals surface area contributed by atoms with E-state index in [2.05, 4.69) is 5.32 Å². The van der Waals surface area contributed by atoms with Gasteiger partial charge in [-0.2, -0.15) is 0 Å². The van der Waals surface area contributed by atoms with Crippen molar-refractivity contribution in [3.05, 3.63) is 58.1 Å². The van der Waals surface area contributed by atoms with Crippen molar-refractivity contribution in [2.75, 3.05) is 30.9 Å². The van der Waals surface area contributed by atoms with E-state index in [1.54, 1.807) is 18.2 Å². The Morgan fingerprint density at radius 2 is 1.62 bits per heavy atom. The van der Waals surface area contributed by atoms with Crippen LogP contribution < -0.4 is 10.2 Å². The SMILES string of the molecule is CN(C)c1ccc(NC(=O)COC(=O)c2c(Cl)cccc2Cl)cc1. The number of amides is 1. The first kappa shape index (κ1) is 18.1. The lowest BCUT2D eigenvalue weighted by Crippen LogP contribution is -2.21. The van der Waals surface area contributed by atoms with Crippen LogP contribution in [-0.2, 0) is 9.53 Å². The lowest BCUT2D eigenvalue weighted by atomic mass is 10.2. The Morgan fingerprint density at radius 1 is 1.04 bits per heavy atom. The Bertz CT molecular complexity index is 726. The van der Waals surface area contributed by atoms with E-state index < -0.39 is 18.5 Å². The van der Waals surface area contributed by atoms with E-state index in [0.29, 0.717) is 5.69 Å². The molecule has 2 aromatic rings. The largest absolute Gasteiger partial charge is 0.452 e. The highest BCUT2D eigenvalue weighted by Gasteiger charge is 2.17. The van der Waals surface area contributed by atoms with Crippen molar-refractivity contribution in [3.8, 4) is 0 Å². The van der Waals surface area contributed by atoms with Gasteiger partial charge in [-0.25, -0.2) is 4.79 Å². The van der Waals surface area contributed by atoms with Gasteiger partial charge >= 0.3 is 5.97 Å². The van der Waals surface area contributed by atoms with Gasteiger partial charge in [0.05, 0.1) is 15.6 Å². The molecule has 0 saturated carbocycles. The molecule has 0 bridgehead atoms. The minimum absolute atomic E-state index is 0.0453. The molecule has 0 fully saturated rings. The highest BCUT2D eigenvalue weighted by Crippen LogP contribution is 2.25. The van der Waals surface area contributed by atoms with E-state index in [4.69, 9.17) is 27.9 Å². The van der Waals surface area contributed by atoms with Gasteiger partial charge in [-0.1, -0.05) is 29.3 Å². The van der Waals surface area contributed by atoms with E-state index in [1.807, 2.05) is 31.1 Å². The van der Waals surface area contributed by atoms with Gasteiger partial charge in [-0.05, 0) is 36.4 Å². The molecular formula is C17H16Cl2N2O3. The van der Waals surface area contributed by atoms with Gasteiger partial charge in [-0.3, -0.25) is 4.79 Å². The molecule has 0 saturated heterocycles. The smallest absolute Gasteiger partial charge is 0.341 e. The number of carbonyl (C=O) groups is 2. The van der Waals surface area contributed by atoms with Crippen molar-refractivity contribution in [2.24, 2.45) is 0 Å². The number of hydrogen-bond acceptors (Lipinski definition) is 4. The highest BCUT2D eigenvalue weighted by atomic mass is 35.5. The number of anilines is 2. The third kappa shape index (κ3) is 4.63. The quantitative estimate of drug-likeness (QED) is 0.816. The first-order valence-corrected chi connectivity index (χ1v) is 7.82. The standard InChI is InChI=1S/C17H16Cl2N2O3/c1-21(2)12-8-6-11(7-9-12)20-15(22)10-24-17(23)16-13(18)4-3-5-14(16)19/h3-9H,10H2,1-2H3,(H,20,22). The summed E-state index contributed by atoms with van der Waals surface area (Å²) >= 11 is 11.8. The van der Waals surface area contributed by atoms with E-state index in [9.17, 15) is 9.59 Å². The number of benzene rings is 2. The van der Waals surface area contributed by atoms with Crippen LogP contribution in [0.3, 0.4) is 0 Å². The molecule has 7 heteroatoms. The maximum absolute atomic E-state index is 12.0. The molecule has 0 radical (unpaired) electrons. The zero-order valence-corrected chi connectivity index (χ0v) is 14.7. The van der Waals surface area contributed by atoms with E-state index in [1.165, 1.54) is 12.1 Å². The molecule has 0 atom stereocenters. The van der Waals surface area contributed by atoms with Crippen LogP contribution in [0.5, 0.6) is 0 Å². The minimum Gasteiger partial charge on any atom is -0.452 e. The summed E-state index contributed by atoms with van der Waals surface area (Å²) in [5, 5.41) is 2.99. The summed E-state index contributed by atoms with van der Waals surface area (Å²) in [6, 6.07) is 11.9. The molecule has 0 heterocycles. The molecule has 24 heavy (non-hydrogen) atoms. The third-order valence-corrected chi connectivity index (χ3v) is 3.80. The molecule has 0 unspecified atom stereocenters. The Kier molecular flexibility index (Phi) is 6.06. The molecule has 1 amide bonds. The molecular weight excluding hydrogens is 351 g/mol. The number of carbonyl (C=O) groups excluding carboxylic acids is 2. The highest BCUT2D eigenvalue weighted by molar-refractivity contribution is 6.39. The summed E-state index contributed by atoms with van der Waals surface area (Å²) in [7, 11) is 3.85. The maximum Gasteiger partial charge on any atom is 0.341 e. The average Bonchev–Trinajstić information content (AvgIpc) is 2.53. The van der Waals surface area contributed by atoms with Gasteiger partial charge in [0.1, 0.15) is 0 Å². The lowest BCUT2D eigenvalue weighted by molar-refractivity contribution is -0.119. The van der Waals surface area contributed by atoms with Gasteiger partial charge in [0.2, 0.25) is 0 Å². The summed E-state index contributed by atoms with van der Waals surface area (Å²) in [5.41, 5.74) is 1.66. The van der Waals surface area contributed by atoms with Crippen molar-refractivity contribution in [3.63, 3.8) is 0 Å². The Hall–Kier alpha value is -2.24. The second kappa shape index (κ2) is 8.04. The van der Waals surface area contributed by atoms with Crippen molar-refractivity contribution in [1.82, 2.24) is 0 Å². The van der Waals surface area contributed by atoms with Crippen molar-refractivity contribution in [1.29, 1.82) is 0 Å². The fourth-order valence-electron chi connectivity index (χ4n) is 1.94. The summed E-state index contributed by atoms with van der Waals surface area (Å²) in [6.45, 7) is -0.435. The predicted molar refractivity (Wildman–Crippen MR) is 96.1 cm³/mol. The molecule has 1 N–H and O–H groups in total. The van der Waals surface area contributed by atoms with Crippen LogP contribution in [0.2, 0.25) is 10.0 Å². The summed E-state index contributed by atoms with van der Waals surface area (Å²) in [6.07, 6.45) is 0. The van der Waals surface area contributed by atoms with E-state index in [0.717, 1.165) is 5.69 Å². The van der Waals surface area contributed by atoms with Crippen LogP contribution in [0.15, 0.2) is 42.5 Å². The Labute approximate surface area is 150 Å². The summed E-state index contributed by atoms with van der Waals surface area (Å²) in [5.74, 6) is -1.20. The number of nitrogens with zero attached hydrogens (tertiary/aromatic N) is 1. The topological polar surface area (TPSA) is 58.6 Å². The summed E-state index contributed by atoms with van der Waals surface area (Å²) in [4.78, 5) is 25.8. The van der Waals surface area contributed by atoms with Crippen LogP contribution in [0.25, 0.3) is 0 Å². The average molecular weight is 367 g/mol. The lowest BCUT2D eigenvalue weighted by Gasteiger charge is -2.13. The Balaban J connectivity index is 1.92. The predicted octanol–water partition coefficient (Wildman–Crippen LogP) is 3.85. The van der Waals surface area contributed by atoms with Crippen molar-refractivity contribution in [2.45, 2.75) is 0 Å². The molecule has 2 aromatic carbocycles. The van der Waals surface area contributed by atoms with Crippen molar-refractivity contribution < 1.29 is 14.3 Å². The minimum atomic E-state index is -0.747. The van der Waals surface area contributed by atoms with Crippen LogP contribution in [-0.4, -0.2) is 32.6 Å². The first-order valence-electron chi connectivity index (χ1n) is 7.07. The third-order valence-electron chi connectivity index (χ3n) is 3.17.